The molecule has 1 heterocycles. The molecular weight excluding hydrogens is 230 g/mol. The molecule has 17 heavy (non-hydrogen) atoms. The highest BCUT2D eigenvalue weighted by atomic mass is 32.1. The number of fused-ring (bicyclic) bond motifs is 1. The van der Waals surface area contributed by atoms with E-state index in [-0.39, 0.29) is 0 Å². The molecule has 0 atom stereocenters. The minimum Gasteiger partial charge on any atom is -0.779 e. The Kier molecular flexibility index (Phi) is 3.48. The molecule has 2 rings (SSSR count). The van der Waals surface area contributed by atoms with Crippen molar-refractivity contribution in [1.82, 2.24) is 4.98 Å². The Labute approximate surface area is 107 Å². The summed E-state index contributed by atoms with van der Waals surface area (Å²) in [5, 5.41) is 1.02. The van der Waals surface area contributed by atoms with E-state index in [0.29, 0.717) is 0 Å². The molecular formula is C14H16NOS-. The van der Waals surface area contributed by atoms with Crippen LogP contribution in [0.25, 0.3) is 10.9 Å². The summed E-state index contributed by atoms with van der Waals surface area (Å²) in [6.45, 7) is 4.19. The van der Waals surface area contributed by atoms with Crippen molar-refractivity contribution >= 4 is 23.5 Å². The van der Waals surface area contributed by atoms with Crippen LogP contribution in [0.4, 0.5) is 0 Å². The highest BCUT2D eigenvalue weighted by Crippen LogP contribution is 2.27. The number of ether oxygens (including phenoxy) is 1. The van der Waals surface area contributed by atoms with Crippen LogP contribution in [0.15, 0.2) is 23.1 Å². The third-order valence-electron chi connectivity index (χ3n) is 2.95. The molecule has 3 heteroatoms. The largest absolute Gasteiger partial charge is 0.779 e. The molecule has 2 nitrogen and oxygen atoms in total. The van der Waals surface area contributed by atoms with Crippen molar-refractivity contribution in [2.75, 3.05) is 7.11 Å². The maximum absolute atomic E-state index is 5.56. The summed E-state index contributed by atoms with van der Waals surface area (Å²) in [7, 11) is 1.67. The van der Waals surface area contributed by atoms with Gasteiger partial charge in [-0.2, -0.15) is 4.90 Å². The molecule has 0 bridgehead atoms. The van der Waals surface area contributed by atoms with Crippen LogP contribution in [-0.2, 0) is 19.0 Å². The van der Waals surface area contributed by atoms with Crippen LogP contribution in [0.5, 0.6) is 5.75 Å². The molecule has 0 amide bonds. The van der Waals surface area contributed by atoms with Gasteiger partial charge >= 0.3 is 0 Å². The van der Waals surface area contributed by atoms with E-state index in [1.807, 2.05) is 25.1 Å². The van der Waals surface area contributed by atoms with Gasteiger partial charge < -0.3 is 17.4 Å². The first kappa shape index (κ1) is 12.1. The topological polar surface area (TPSA) is 22.1 Å². The molecule has 0 N–H and O–H groups in total. The van der Waals surface area contributed by atoms with Gasteiger partial charge in [0.1, 0.15) is 5.75 Å². The first-order valence-corrected chi connectivity index (χ1v) is 6.22. The van der Waals surface area contributed by atoms with Gasteiger partial charge in [0.05, 0.1) is 12.6 Å². The van der Waals surface area contributed by atoms with Gasteiger partial charge in [0, 0.05) is 5.69 Å². The van der Waals surface area contributed by atoms with Gasteiger partial charge in [-0.25, -0.2) is 0 Å². The standard InChI is InChI=1S/C14H17NOS/c1-4-5-11-9(2)15-13-7-6-10(16-3)8-12(13)14(11)17/h6-8H,4-5H2,1-3H3,(H,15,17)/p-1. The highest BCUT2D eigenvalue weighted by molar-refractivity contribution is 7.59. The van der Waals surface area contributed by atoms with E-state index in [0.717, 1.165) is 40.1 Å². The molecule has 0 aliphatic heterocycles. The fourth-order valence-electron chi connectivity index (χ4n) is 2.04. The number of methoxy groups -OCH3 is 1. The average Bonchev–Trinajstić information content (AvgIpc) is 2.34. The molecule has 0 saturated carbocycles. The van der Waals surface area contributed by atoms with Crippen molar-refractivity contribution in [3.63, 3.8) is 0 Å². The van der Waals surface area contributed by atoms with Crippen LogP contribution >= 0.6 is 0 Å². The number of nitrogens with zero attached hydrogens (tertiary/aromatic N) is 1. The summed E-state index contributed by atoms with van der Waals surface area (Å²) in [6, 6.07) is 5.86. The fourth-order valence-corrected chi connectivity index (χ4v) is 2.45. The summed E-state index contributed by atoms with van der Waals surface area (Å²) in [6.07, 6.45) is 2.08. The van der Waals surface area contributed by atoms with E-state index < -0.39 is 0 Å². The minimum atomic E-state index is 0.830. The van der Waals surface area contributed by atoms with Crippen LogP contribution in [0.3, 0.4) is 0 Å². The Bertz CT molecular complexity index is 551. The SMILES string of the molecule is CCCc1c(C)nc2ccc(OC)cc2c1[S-]. The van der Waals surface area contributed by atoms with Crippen molar-refractivity contribution < 1.29 is 4.74 Å². The molecule has 1 aromatic heterocycles. The molecule has 1 aromatic carbocycles. The molecule has 0 spiro atoms. The number of rotatable bonds is 3. The maximum atomic E-state index is 5.56. The van der Waals surface area contributed by atoms with Crippen LogP contribution in [0.2, 0.25) is 0 Å². The first-order chi connectivity index (χ1) is 8.17. The minimum absolute atomic E-state index is 0.830. The third kappa shape index (κ3) is 2.20. The molecule has 0 saturated heterocycles. The monoisotopic (exact) mass is 246 g/mol. The lowest BCUT2D eigenvalue weighted by molar-refractivity contribution is 0.415. The summed E-state index contributed by atoms with van der Waals surface area (Å²) in [4.78, 5) is 5.53. The Hall–Kier alpha value is -1.35. The van der Waals surface area contributed by atoms with Gasteiger partial charge in [0.25, 0.3) is 0 Å². The van der Waals surface area contributed by atoms with Crippen LogP contribution < -0.4 is 4.74 Å². The summed E-state index contributed by atoms with van der Waals surface area (Å²) < 4.78 is 5.23. The van der Waals surface area contributed by atoms with Gasteiger partial charge in [0.2, 0.25) is 0 Å². The van der Waals surface area contributed by atoms with E-state index in [1.54, 1.807) is 7.11 Å². The molecule has 0 aliphatic rings. The van der Waals surface area contributed by atoms with Gasteiger partial charge in [-0.1, -0.05) is 13.3 Å². The lowest BCUT2D eigenvalue weighted by Crippen LogP contribution is -1.98. The first-order valence-electron chi connectivity index (χ1n) is 5.81. The van der Waals surface area contributed by atoms with Gasteiger partial charge in [0.15, 0.2) is 0 Å². The Morgan fingerprint density at radius 3 is 2.76 bits per heavy atom. The van der Waals surface area contributed by atoms with Crippen molar-refractivity contribution in [3.8, 4) is 5.75 Å². The number of benzene rings is 1. The molecule has 0 aliphatic carbocycles. The Morgan fingerprint density at radius 1 is 1.35 bits per heavy atom. The van der Waals surface area contributed by atoms with Gasteiger partial charge in [-0.05, 0) is 42.5 Å². The average molecular weight is 246 g/mol. The zero-order valence-electron chi connectivity index (χ0n) is 10.4. The molecule has 0 radical (unpaired) electrons. The van der Waals surface area contributed by atoms with Gasteiger partial charge in [-0.3, -0.25) is 4.98 Å². The maximum Gasteiger partial charge on any atom is 0.119 e. The number of aromatic nitrogens is 1. The number of pyridine rings is 1. The summed E-state index contributed by atoms with van der Waals surface area (Å²) in [5.41, 5.74) is 3.20. The predicted octanol–water partition coefficient (Wildman–Crippen LogP) is 3.41. The number of aryl methyl sites for hydroxylation is 1. The van der Waals surface area contributed by atoms with Crippen LogP contribution in [0.1, 0.15) is 24.6 Å². The quantitative estimate of drug-likeness (QED) is 0.775. The van der Waals surface area contributed by atoms with E-state index in [1.165, 1.54) is 5.56 Å². The van der Waals surface area contributed by atoms with Crippen LogP contribution in [-0.4, -0.2) is 12.1 Å². The second-order valence-corrected chi connectivity index (χ2v) is 4.55. The van der Waals surface area contributed by atoms with Crippen molar-refractivity contribution in [2.45, 2.75) is 31.6 Å². The van der Waals surface area contributed by atoms with Crippen LogP contribution in [0, 0.1) is 6.92 Å². The number of hydrogen-bond donors (Lipinski definition) is 0. The van der Waals surface area contributed by atoms with E-state index in [2.05, 4.69) is 11.9 Å². The smallest absolute Gasteiger partial charge is 0.119 e. The van der Waals surface area contributed by atoms with E-state index in [9.17, 15) is 0 Å². The van der Waals surface area contributed by atoms with E-state index in [4.69, 9.17) is 17.4 Å². The molecule has 2 aromatic rings. The molecule has 90 valence electrons. The predicted molar refractivity (Wildman–Crippen MR) is 72.7 cm³/mol. The molecule has 0 unspecified atom stereocenters. The fraction of sp³-hybridized carbons (Fsp3) is 0.357. The normalized spacial score (nSPS) is 10.8. The van der Waals surface area contributed by atoms with Crippen molar-refractivity contribution in [1.29, 1.82) is 0 Å². The third-order valence-corrected chi connectivity index (χ3v) is 3.41. The second-order valence-electron chi connectivity index (χ2n) is 4.14. The lowest BCUT2D eigenvalue weighted by Gasteiger charge is -2.19. The highest BCUT2D eigenvalue weighted by Gasteiger charge is 2.05. The van der Waals surface area contributed by atoms with Gasteiger partial charge in [-0.15, -0.1) is 0 Å². The van der Waals surface area contributed by atoms with E-state index >= 15 is 0 Å². The molecule has 0 fully saturated rings. The Morgan fingerprint density at radius 2 is 2.12 bits per heavy atom. The summed E-state index contributed by atoms with van der Waals surface area (Å²) in [5.74, 6) is 0.830. The number of hydrogen-bond acceptors (Lipinski definition) is 3. The zero-order valence-corrected chi connectivity index (χ0v) is 11.2. The lowest BCUT2D eigenvalue weighted by atomic mass is 10.1. The van der Waals surface area contributed by atoms with Crippen molar-refractivity contribution in [2.24, 2.45) is 0 Å². The summed E-state index contributed by atoms with van der Waals surface area (Å²) >= 11 is 5.56. The van der Waals surface area contributed by atoms with Crippen molar-refractivity contribution in [3.05, 3.63) is 29.5 Å². The Balaban J connectivity index is 2.69. The second kappa shape index (κ2) is 4.88. The zero-order chi connectivity index (χ0) is 12.4.